The van der Waals surface area contributed by atoms with Gasteiger partial charge in [0.1, 0.15) is 0 Å². The number of amides is 1. The molecule has 3 heterocycles. The molecule has 0 N–H and O–H groups in total. The van der Waals surface area contributed by atoms with E-state index in [0.29, 0.717) is 30.2 Å². The first-order valence-electron chi connectivity index (χ1n) is 9.18. The van der Waals surface area contributed by atoms with Crippen molar-refractivity contribution in [1.29, 1.82) is 0 Å². The zero-order chi connectivity index (χ0) is 19.5. The molecular weight excluding hydrogens is 356 g/mol. The quantitative estimate of drug-likeness (QED) is 0.698. The maximum absolute atomic E-state index is 12.8. The molecule has 2 aromatic heterocycles. The normalized spacial score (nSPS) is 13.6. The van der Waals surface area contributed by atoms with Crippen molar-refractivity contribution in [3.63, 3.8) is 0 Å². The van der Waals surface area contributed by atoms with Gasteiger partial charge in [0, 0.05) is 31.0 Å². The molecule has 3 aromatic rings. The van der Waals surface area contributed by atoms with Gasteiger partial charge in [0.25, 0.3) is 5.91 Å². The number of aromatic nitrogens is 3. The Kier molecular flexibility index (Phi) is 4.97. The molecule has 0 fully saturated rings. The SMILES string of the molecule is COc1ccc(-c2cc3n(n2)CCCN(C(=O)c2cccnc2)C3)cc1OC. The predicted octanol–water partition coefficient (Wildman–Crippen LogP) is 3.01. The van der Waals surface area contributed by atoms with Crippen molar-refractivity contribution in [2.75, 3.05) is 20.8 Å². The van der Waals surface area contributed by atoms with Crippen LogP contribution in [0, 0.1) is 0 Å². The standard InChI is InChI=1S/C21H22N4O3/c1-27-19-7-6-15(11-20(19)28-2)18-12-17-14-24(9-4-10-25(17)23-18)21(26)16-5-3-8-22-13-16/h3,5-8,11-13H,4,9-10,14H2,1-2H3. The molecule has 0 saturated carbocycles. The zero-order valence-electron chi connectivity index (χ0n) is 16.0. The Morgan fingerprint density at radius 3 is 2.68 bits per heavy atom. The van der Waals surface area contributed by atoms with Gasteiger partial charge in [0.15, 0.2) is 11.5 Å². The van der Waals surface area contributed by atoms with Gasteiger partial charge in [-0.05, 0) is 42.8 Å². The molecule has 4 rings (SSSR count). The van der Waals surface area contributed by atoms with Crippen molar-refractivity contribution in [1.82, 2.24) is 19.7 Å². The van der Waals surface area contributed by atoms with E-state index in [1.807, 2.05) is 33.8 Å². The van der Waals surface area contributed by atoms with Crippen LogP contribution in [0.5, 0.6) is 11.5 Å². The lowest BCUT2D eigenvalue weighted by atomic mass is 10.1. The summed E-state index contributed by atoms with van der Waals surface area (Å²) in [5.41, 5.74) is 3.42. The Balaban J connectivity index is 1.61. The molecule has 28 heavy (non-hydrogen) atoms. The van der Waals surface area contributed by atoms with Crippen LogP contribution in [0.15, 0.2) is 48.8 Å². The summed E-state index contributed by atoms with van der Waals surface area (Å²) >= 11 is 0. The number of carbonyl (C=O) groups is 1. The molecule has 0 unspecified atom stereocenters. The molecule has 0 bridgehead atoms. The Hall–Kier alpha value is -3.35. The molecule has 1 aliphatic heterocycles. The van der Waals surface area contributed by atoms with Gasteiger partial charge >= 0.3 is 0 Å². The topological polar surface area (TPSA) is 69.5 Å². The summed E-state index contributed by atoms with van der Waals surface area (Å²) in [6, 6.07) is 11.4. The molecule has 7 heteroatoms. The molecule has 1 aliphatic rings. The summed E-state index contributed by atoms with van der Waals surface area (Å²) in [7, 11) is 3.23. The largest absolute Gasteiger partial charge is 0.493 e. The van der Waals surface area contributed by atoms with Gasteiger partial charge in [-0.25, -0.2) is 0 Å². The highest BCUT2D eigenvalue weighted by atomic mass is 16.5. The third kappa shape index (κ3) is 3.43. The molecule has 1 aromatic carbocycles. The van der Waals surface area contributed by atoms with Crippen molar-refractivity contribution >= 4 is 5.91 Å². The smallest absolute Gasteiger partial charge is 0.255 e. The molecule has 7 nitrogen and oxygen atoms in total. The number of methoxy groups -OCH3 is 2. The Labute approximate surface area is 163 Å². The van der Waals surface area contributed by atoms with Crippen molar-refractivity contribution < 1.29 is 14.3 Å². The van der Waals surface area contributed by atoms with E-state index in [0.717, 1.165) is 29.9 Å². The second-order valence-electron chi connectivity index (χ2n) is 6.64. The number of hydrogen-bond donors (Lipinski definition) is 0. The fourth-order valence-corrected chi connectivity index (χ4v) is 3.44. The fourth-order valence-electron chi connectivity index (χ4n) is 3.44. The summed E-state index contributed by atoms with van der Waals surface area (Å²) in [4.78, 5) is 18.7. The first-order valence-corrected chi connectivity index (χ1v) is 9.18. The Bertz CT molecular complexity index is 985. The van der Waals surface area contributed by atoms with E-state index in [2.05, 4.69) is 4.98 Å². The van der Waals surface area contributed by atoms with E-state index in [1.54, 1.807) is 38.7 Å². The second-order valence-corrected chi connectivity index (χ2v) is 6.64. The lowest BCUT2D eigenvalue weighted by molar-refractivity contribution is 0.0745. The maximum atomic E-state index is 12.8. The fraction of sp³-hybridized carbons (Fsp3) is 0.286. The van der Waals surface area contributed by atoms with Crippen LogP contribution in [0.1, 0.15) is 22.5 Å². The average molecular weight is 378 g/mol. The summed E-state index contributed by atoms with van der Waals surface area (Å²) in [6.07, 6.45) is 4.13. The summed E-state index contributed by atoms with van der Waals surface area (Å²) in [6.45, 7) is 2.00. The minimum absolute atomic E-state index is 0.00424. The van der Waals surface area contributed by atoms with E-state index in [9.17, 15) is 4.79 Å². The van der Waals surface area contributed by atoms with Crippen LogP contribution in [0.4, 0.5) is 0 Å². The highest BCUT2D eigenvalue weighted by Crippen LogP contribution is 2.32. The number of pyridine rings is 1. The van der Waals surface area contributed by atoms with Crippen molar-refractivity contribution in [2.45, 2.75) is 19.5 Å². The molecule has 0 radical (unpaired) electrons. The lowest BCUT2D eigenvalue weighted by Crippen LogP contribution is -2.30. The van der Waals surface area contributed by atoms with Crippen LogP contribution >= 0.6 is 0 Å². The number of carbonyl (C=O) groups excluding carboxylic acids is 1. The number of aryl methyl sites for hydroxylation is 1. The predicted molar refractivity (Wildman–Crippen MR) is 104 cm³/mol. The van der Waals surface area contributed by atoms with Gasteiger partial charge in [-0.3, -0.25) is 14.5 Å². The zero-order valence-corrected chi connectivity index (χ0v) is 16.0. The van der Waals surface area contributed by atoms with Gasteiger partial charge in [0.05, 0.1) is 37.7 Å². The van der Waals surface area contributed by atoms with Crippen LogP contribution in [0.3, 0.4) is 0 Å². The van der Waals surface area contributed by atoms with Gasteiger partial charge in [-0.1, -0.05) is 0 Å². The molecule has 0 atom stereocenters. The third-order valence-electron chi connectivity index (χ3n) is 4.89. The van der Waals surface area contributed by atoms with Crippen molar-refractivity contribution in [2.24, 2.45) is 0 Å². The van der Waals surface area contributed by atoms with Crippen LogP contribution in [0.2, 0.25) is 0 Å². The van der Waals surface area contributed by atoms with E-state index in [4.69, 9.17) is 14.6 Å². The maximum Gasteiger partial charge on any atom is 0.255 e. The molecule has 0 aliphatic carbocycles. The monoisotopic (exact) mass is 378 g/mol. The lowest BCUT2D eigenvalue weighted by Gasteiger charge is -2.19. The summed E-state index contributed by atoms with van der Waals surface area (Å²) in [5.74, 6) is 1.34. The van der Waals surface area contributed by atoms with Gasteiger partial charge in [0.2, 0.25) is 0 Å². The first kappa shape index (κ1) is 18.0. The van der Waals surface area contributed by atoms with Gasteiger partial charge < -0.3 is 14.4 Å². The van der Waals surface area contributed by atoms with Crippen molar-refractivity contribution in [3.8, 4) is 22.8 Å². The minimum atomic E-state index is -0.00424. The van der Waals surface area contributed by atoms with E-state index in [1.165, 1.54) is 0 Å². The third-order valence-corrected chi connectivity index (χ3v) is 4.89. The van der Waals surface area contributed by atoms with Gasteiger partial charge in [-0.2, -0.15) is 5.10 Å². The van der Waals surface area contributed by atoms with Crippen molar-refractivity contribution in [3.05, 3.63) is 60.0 Å². The van der Waals surface area contributed by atoms with Crippen LogP contribution in [0.25, 0.3) is 11.3 Å². The van der Waals surface area contributed by atoms with E-state index >= 15 is 0 Å². The molecule has 0 saturated heterocycles. The highest BCUT2D eigenvalue weighted by Gasteiger charge is 2.22. The van der Waals surface area contributed by atoms with Crippen LogP contribution in [-0.2, 0) is 13.1 Å². The average Bonchev–Trinajstić information content (AvgIpc) is 3.04. The van der Waals surface area contributed by atoms with E-state index < -0.39 is 0 Å². The van der Waals surface area contributed by atoms with Crippen LogP contribution < -0.4 is 9.47 Å². The number of hydrogen-bond acceptors (Lipinski definition) is 5. The molecule has 0 spiro atoms. The molecule has 144 valence electrons. The number of benzene rings is 1. The number of fused-ring (bicyclic) bond motifs is 1. The molecular formula is C21H22N4O3. The van der Waals surface area contributed by atoms with Gasteiger partial charge in [-0.15, -0.1) is 0 Å². The van der Waals surface area contributed by atoms with E-state index in [-0.39, 0.29) is 5.91 Å². The Morgan fingerprint density at radius 1 is 1.07 bits per heavy atom. The minimum Gasteiger partial charge on any atom is -0.493 e. The number of rotatable bonds is 4. The highest BCUT2D eigenvalue weighted by molar-refractivity contribution is 5.93. The first-order chi connectivity index (χ1) is 13.7. The second kappa shape index (κ2) is 7.72. The Morgan fingerprint density at radius 2 is 1.93 bits per heavy atom. The summed E-state index contributed by atoms with van der Waals surface area (Å²) < 4.78 is 12.7. The van der Waals surface area contributed by atoms with Crippen LogP contribution in [-0.4, -0.2) is 46.3 Å². The number of nitrogens with zero attached hydrogens (tertiary/aromatic N) is 4. The molecule has 1 amide bonds. The number of ether oxygens (including phenoxy) is 2. The summed E-state index contributed by atoms with van der Waals surface area (Å²) in [5, 5.41) is 4.75.